The van der Waals surface area contributed by atoms with E-state index >= 15 is 0 Å². The number of nitrogens with zero attached hydrogens (tertiary/aromatic N) is 1. The molecule has 1 N–H and O–H groups in total. The van der Waals surface area contributed by atoms with Gasteiger partial charge in [0, 0.05) is 23.6 Å². The number of hydrogen-bond acceptors (Lipinski definition) is 2. The number of pyridine rings is 1. The summed E-state index contributed by atoms with van der Waals surface area (Å²) in [6, 6.07) is 1.32. The Morgan fingerprint density at radius 1 is 1.42 bits per heavy atom. The SMILES string of the molecule is CCn1c(C2=C(F)C=CC(C)C2F)c(C(C)(O)CC)cc(Cl)c1=O. The molecule has 3 unspecified atom stereocenters. The number of alkyl halides is 1. The van der Waals surface area contributed by atoms with Crippen LogP contribution in [-0.4, -0.2) is 15.8 Å². The Morgan fingerprint density at radius 2 is 2.04 bits per heavy atom. The summed E-state index contributed by atoms with van der Waals surface area (Å²) in [6.07, 6.45) is 1.35. The standard InChI is InChI=1S/C18H22ClF2NO2/c1-5-18(4,24)11-9-12(19)17(23)22(6-2)16(11)14-13(20)8-7-10(3)15(14)21/h7-10,15,24H,5-6H2,1-4H3. The van der Waals surface area contributed by atoms with Gasteiger partial charge >= 0.3 is 0 Å². The van der Waals surface area contributed by atoms with Crippen molar-refractivity contribution < 1.29 is 13.9 Å². The van der Waals surface area contributed by atoms with Crippen molar-refractivity contribution in [2.75, 3.05) is 0 Å². The van der Waals surface area contributed by atoms with Gasteiger partial charge in [-0.25, -0.2) is 8.78 Å². The number of rotatable bonds is 4. The van der Waals surface area contributed by atoms with Crippen molar-refractivity contribution in [3.63, 3.8) is 0 Å². The van der Waals surface area contributed by atoms with Crippen LogP contribution in [0.3, 0.4) is 0 Å². The lowest BCUT2D eigenvalue weighted by Gasteiger charge is -2.31. The molecule has 0 amide bonds. The first-order chi connectivity index (χ1) is 11.2. The molecule has 0 fully saturated rings. The summed E-state index contributed by atoms with van der Waals surface area (Å²) in [6.45, 7) is 6.80. The van der Waals surface area contributed by atoms with E-state index in [1.165, 1.54) is 22.8 Å². The Balaban J connectivity index is 2.93. The monoisotopic (exact) mass is 357 g/mol. The van der Waals surface area contributed by atoms with E-state index in [0.717, 1.165) is 0 Å². The van der Waals surface area contributed by atoms with E-state index < -0.39 is 29.1 Å². The van der Waals surface area contributed by atoms with E-state index in [1.807, 2.05) is 0 Å². The Bertz CT molecular complexity index is 765. The molecule has 3 nitrogen and oxygen atoms in total. The minimum absolute atomic E-state index is 0.0832. The molecule has 0 spiro atoms. The van der Waals surface area contributed by atoms with E-state index in [4.69, 9.17) is 11.6 Å². The molecule has 0 saturated heterocycles. The van der Waals surface area contributed by atoms with Gasteiger partial charge in [-0.2, -0.15) is 0 Å². The van der Waals surface area contributed by atoms with Gasteiger partial charge in [0.1, 0.15) is 17.0 Å². The van der Waals surface area contributed by atoms with Crippen LogP contribution in [0.15, 0.2) is 28.8 Å². The molecule has 0 bridgehead atoms. The van der Waals surface area contributed by atoms with E-state index in [1.54, 1.807) is 27.7 Å². The average Bonchev–Trinajstić information content (AvgIpc) is 2.54. The maximum absolute atomic E-state index is 14.8. The van der Waals surface area contributed by atoms with Gasteiger partial charge in [-0.3, -0.25) is 4.79 Å². The summed E-state index contributed by atoms with van der Waals surface area (Å²) >= 11 is 6.01. The average molecular weight is 358 g/mol. The zero-order chi connectivity index (χ0) is 18.2. The van der Waals surface area contributed by atoms with Gasteiger partial charge in [-0.1, -0.05) is 31.5 Å². The van der Waals surface area contributed by atoms with Crippen molar-refractivity contribution in [2.45, 2.75) is 52.4 Å². The van der Waals surface area contributed by atoms with E-state index in [0.29, 0.717) is 6.42 Å². The minimum atomic E-state index is -1.61. The molecular formula is C18H22ClF2NO2. The molecule has 1 aromatic heterocycles. The van der Waals surface area contributed by atoms with Gasteiger partial charge in [0.15, 0.2) is 0 Å². The number of allylic oxidation sites excluding steroid dienone is 4. The molecule has 6 heteroatoms. The Kier molecular flexibility index (Phi) is 5.35. The molecule has 1 aliphatic rings. The van der Waals surface area contributed by atoms with Gasteiger partial charge < -0.3 is 9.67 Å². The number of aromatic nitrogens is 1. The fourth-order valence-corrected chi connectivity index (χ4v) is 3.10. The zero-order valence-electron chi connectivity index (χ0n) is 14.2. The molecule has 0 aliphatic heterocycles. The van der Waals surface area contributed by atoms with Gasteiger partial charge in [0.25, 0.3) is 5.56 Å². The highest BCUT2D eigenvalue weighted by Gasteiger charge is 2.35. The van der Waals surface area contributed by atoms with Gasteiger partial charge in [-0.05, 0) is 32.4 Å². The fraction of sp³-hybridized carbons (Fsp3) is 0.500. The van der Waals surface area contributed by atoms with Crippen molar-refractivity contribution >= 4 is 17.2 Å². The predicted molar refractivity (Wildman–Crippen MR) is 92.5 cm³/mol. The van der Waals surface area contributed by atoms with Crippen LogP contribution in [0.2, 0.25) is 5.02 Å². The third-order valence-corrected chi connectivity index (χ3v) is 4.90. The predicted octanol–water partition coefficient (Wildman–Crippen LogP) is 4.36. The summed E-state index contributed by atoms with van der Waals surface area (Å²) in [7, 11) is 0. The van der Waals surface area contributed by atoms with Crippen LogP contribution in [-0.2, 0) is 12.1 Å². The number of aliphatic hydroxyl groups is 1. The molecular weight excluding hydrogens is 336 g/mol. The Labute approximate surface area is 145 Å². The molecule has 24 heavy (non-hydrogen) atoms. The first-order valence-corrected chi connectivity index (χ1v) is 8.42. The Morgan fingerprint density at radius 3 is 2.58 bits per heavy atom. The molecule has 1 heterocycles. The van der Waals surface area contributed by atoms with E-state index in [9.17, 15) is 18.7 Å². The number of hydrogen-bond donors (Lipinski definition) is 1. The molecule has 0 aromatic carbocycles. The molecule has 2 rings (SSSR count). The minimum Gasteiger partial charge on any atom is -0.385 e. The third kappa shape index (κ3) is 3.07. The van der Waals surface area contributed by atoms with Crippen LogP contribution >= 0.6 is 11.6 Å². The van der Waals surface area contributed by atoms with Gasteiger partial charge in [-0.15, -0.1) is 0 Å². The molecule has 132 valence electrons. The molecule has 0 radical (unpaired) electrons. The lowest BCUT2D eigenvalue weighted by Crippen LogP contribution is -2.33. The van der Waals surface area contributed by atoms with Crippen molar-refractivity contribution in [1.82, 2.24) is 4.57 Å². The van der Waals surface area contributed by atoms with Gasteiger partial charge in [0.05, 0.1) is 11.3 Å². The van der Waals surface area contributed by atoms with Crippen LogP contribution < -0.4 is 5.56 Å². The largest absolute Gasteiger partial charge is 0.385 e. The first-order valence-electron chi connectivity index (χ1n) is 8.04. The lowest BCUT2D eigenvalue weighted by molar-refractivity contribution is 0.0518. The topological polar surface area (TPSA) is 42.2 Å². The fourth-order valence-electron chi connectivity index (χ4n) is 2.89. The van der Waals surface area contributed by atoms with E-state index in [-0.39, 0.29) is 28.4 Å². The first kappa shape index (κ1) is 18.9. The summed E-state index contributed by atoms with van der Waals surface area (Å²) in [5.41, 5.74) is -1.77. The maximum Gasteiger partial charge on any atom is 0.269 e. The van der Waals surface area contributed by atoms with Crippen LogP contribution in [0.1, 0.15) is 45.4 Å². The van der Waals surface area contributed by atoms with Crippen LogP contribution in [0.4, 0.5) is 8.78 Å². The zero-order valence-corrected chi connectivity index (χ0v) is 15.0. The second-order valence-electron chi connectivity index (χ2n) is 6.31. The third-order valence-electron chi connectivity index (χ3n) is 4.63. The Hall–Kier alpha value is -1.46. The molecule has 1 aromatic rings. The highest BCUT2D eigenvalue weighted by Crippen LogP contribution is 2.40. The summed E-state index contributed by atoms with van der Waals surface area (Å²) in [4.78, 5) is 12.4. The van der Waals surface area contributed by atoms with Crippen LogP contribution in [0.5, 0.6) is 0 Å². The number of halogens is 3. The molecule has 0 saturated carbocycles. The van der Waals surface area contributed by atoms with Crippen LogP contribution in [0.25, 0.3) is 5.57 Å². The van der Waals surface area contributed by atoms with E-state index in [2.05, 4.69) is 0 Å². The van der Waals surface area contributed by atoms with Crippen LogP contribution in [0, 0.1) is 5.92 Å². The summed E-state index contributed by atoms with van der Waals surface area (Å²) in [5, 5.41) is 10.6. The van der Waals surface area contributed by atoms with Crippen molar-refractivity contribution in [1.29, 1.82) is 0 Å². The summed E-state index contributed by atoms with van der Waals surface area (Å²) < 4.78 is 30.6. The second-order valence-corrected chi connectivity index (χ2v) is 6.72. The summed E-state index contributed by atoms with van der Waals surface area (Å²) in [5.74, 6) is -1.27. The normalized spacial score (nSPS) is 23.5. The maximum atomic E-state index is 14.8. The van der Waals surface area contributed by atoms with Gasteiger partial charge in [0.2, 0.25) is 0 Å². The highest BCUT2D eigenvalue weighted by atomic mass is 35.5. The smallest absolute Gasteiger partial charge is 0.269 e. The molecule has 3 atom stereocenters. The second kappa shape index (κ2) is 6.81. The lowest BCUT2D eigenvalue weighted by atomic mass is 9.84. The quantitative estimate of drug-likeness (QED) is 0.869. The van der Waals surface area contributed by atoms with Crippen molar-refractivity contribution in [2.24, 2.45) is 5.92 Å². The highest BCUT2D eigenvalue weighted by molar-refractivity contribution is 6.30. The van der Waals surface area contributed by atoms with Crippen molar-refractivity contribution in [3.05, 3.63) is 50.7 Å². The molecule has 1 aliphatic carbocycles. The van der Waals surface area contributed by atoms with Crippen molar-refractivity contribution in [3.8, 4) is 0 Å².